The highest BCUT2D eigenvalue weighted by molar-refractivity contribution is 6.42. The topological polar surface area (TPSA) is 84.3 Å². The van der Waals surface area contributed by atoms with Gasteiger partial charge in [-0.15, -0.1) is 0 Å². The maximum absolute atomic E-state index is 13.7. The molecule has 174 valence electrons. The summed E-state index contributed by atoms with van der Waals surface area (Å²) < 4.78 is 11.1. The molecule has 1 saturated heterocycles. The van der Waals surface area contributed by atoms with Crippen LogP contribution in [0, 0.1) is 11.8 Å². The molecule has 8 heteroatoms. The number of rotatable bonds is 7. The van der Waals surface area contributed by atoms with Crippen molar-refractivity contribution in [3.8, 4) is 11.3 Å². The number of nitrogens with one attached hydrogen (secondary N) is 2. The second-order valence-electron chi connectivity index (χ2n) is 8.24. The summed E-state index contributed by atoms with van der Waals surface area (Å²) in [5, 5.41) is 4.41. The van der Waals surface area contributed by atoms with Crippen LogP contribution in [0.2, 0.25) is 10.0 Å². The number of halogens is 2. The average Bonchev–Trinajstić information content (AvgIpc) is 3.12. The third kappa shape index (κ3) is 5.41. The van der Waals surface area contributed by atoms with Gasteiger partial charge in [0.05, 0.1) is 28.5 Å². The van der Waals surface area contributed by atoms with E-state index in [4.69, 9.17) is 32.4 Å². The van der Waals surface area contributed by atoms with E-state index < -0.39 is 5.76 Å². The zero-order chi connectivity index (χ0) is 23.4. The second-order valence-corrected chi connectivity index (χ2v) is 9.06. The number of carbonyl (C=O) groups is 1. The molecule has 1 aromatic heterocycles. The molecule has 2 heterocycles. The lowest BCUT2D eigenvalue weighted by atomic mass is 9.81. The number of carbonyl (C=O) groups excluding carboxylic acids is 1. The number of ether oxygens (including phenoxy) is 1. The van der Waals surface area contributed by atoms with Crippen molar-refractivity contribution in [1.29, 1.82) is 0 Å². The number of aromatic amines is 1. The summed E-state index contributed by atoms with van der Waals surface area (Å²) in [6.07, 6.45) is 2.47. The first-order valence-corrected chi connectivity index (χ1v) is 11.8. The number of H-pyrrole nitrogens is 1. The molecule has 0 bridgehead atoms. The molecule has 4 rings (SSSR count). The zero-order valence-electron chi connectivity index (χ0n) is 18.3. The summed E-state index contributed by atoms with van der Waals surface area (Å²) in [6, 6.07) is 12.8. The van der Waals surface area contributed by atoms with Crippen LogP contribution in [0.15, 0.2) is 57.9 Å². The SMILES string of the molecule is CCC(CC1CNCCOC1c1ccc(Cl)c(Cl)c1)C(=O)c1ccccc1-c1coc(=O)[nH]1. The van der Waals surface area contributed by atoms with Gasteiger partial charge < -0.3 is 14.5 Å². The van der Waals surface area contributed by atoms with Gasteiger partial charge in [-0.25, -0.2) is 4.79 Å². The van der Waals surface area contributed by atoms with Crippen LogP contribution in [0.1, 0.15) is 41.8 Å². The molecule has 33 heavy (non-hydrogen) atoms. The van der Waals surface area contributed by atoms with E-state index in [1.807, 2.05) is 37.3 Å². The van der Waals surface area contributed by atoms with Crippen LogP contribution in [0.5, 0.6) is 0 Å². The van der Waals surface area contributed by atoms with E-state index in [0.29, 0.717) is 46.3 Å². The minimum absolute atomic E-state index is 0.0345. The molecule has 6 nitrogen and oxygen atoms in total. The van der Waals surface area contributed by atoms with Crippen molar-refractivity contribution in [3.05, 3.63) is 80.5 Å². The van der Waals surface area contributed by atoms with E-state index in [-0.39, 0.29) is 23.7 Å². The quantitative estimate of drug-likeness (QED) is 0.427. The number of hydrogen-bond donors (Lipinski definition) is 2. The van der Waals surface area contributed by atoms with Gasteiger partial charge in [0.1, 0.15) is 6.26 Å². The molecule has 3 atom stereocenters. The molecular weight excluding hydrogens is 463 g/mol. The highest BCUT2D eigenvalue weighted by Gasteiger charge is 2.32. The Labute approximate surface area is 202 Å². The van der Waals surface area contributed by atoms with Crippen LogP contribution in [0.4, 0.5) is 0 Å². The van der Waals surface area contributed by atoms with Crippen LogP contribution < -0.4 is 11.1 Å². The lowest BCUT2D eigenvalue weighted by Gasteiger charge is -2.28. The summed E-state index contributed by atoms with van der Waals surface area (Å²) in [4.78, 5) is 27.8. The van der Waals surface area contributed by atoms with Crippen LogP contribution in [-0.4, -0.2) is 30.5 Å². The Hall–Kier alpha value is -2.38. The first kappa shape index (κ1) is 23.8. The summed E-state index contributed by atoms with van der Waals surface area (Å²) in [6.45, 7) is 4.06. The lowest BCUT2D eigenvalue weighted by Crippen LogP contribution is -2.29. The minimum Gasteiger partial charge on any atom is -0.416 e. The number of oxazole rings is 1. The van der Waals surface area contributed by atoms with Crippen molar-refractivity contribution in [2.75, 3.05) is 19.7 Å². The molecule has 2 N–H and O–H groups in total. The number of benzene rings is 2. The monoisotopic (exact) mass is 488 g/mol. The Morgan fingerprint density at radius 2 is 2.00 bits per heavy atom. The fraction of sp³-hybridized carbons (Fsp3) is 0.360. The molecule has 1 aliphatic heterocycles. The van der Waals surface area contributed by atoms with Crippen molar-refractivity contribution in [3.63, 3.8) is 0 Å². The van der Waals surface area contributed by atoms with Crippen molar-refractivity contribution in [1.82, 2.24) is 10.3 Å². The standard InChI is InChI=1S/C25H26Cl2N2O4/c1-2-15(23(30)19-6-4-3-5-18(19)22-14-33-25(31)29-22)11-17-13-28-9-10-32-24(17)16-7-8-20(26)21(27)12-16/h3-8,12,14-15,17,24,28H,2,9-11,13H2,1H3,(H,29,31). The second kappa shape index (κ2) is 10.7. The molecular formula is C25H26Cl2N2O4. The van der Waals surface area contributed by atoms with Crippen LogP contribution in [0.25, 0.3) is 11.3 Å². The molecule has 0 radical (unpaired) electrons. The van der Waals surface area contributed by atoms with Gasteiger partial charge >= 0.3 is 5.76 Å². The molecule has 3 unspecified atom stereocenters. The summed E-state index contributed by atoms with van der Waals surface area (Å²) in [5.74, 6) is -0.666. The van der Waals surface area contributed by atoms with Gasteiger partial charge in [0, 0.05) is 36.1 Å². The molecule has 3 aromatic rings. The van der Waals surface area contributed by atoms with Gasteiger partial charge in [-0.2, -0.15) is 0 Å². The Kier molecular flexibility index (Phi) is 7.71. The van der Waals surface area contributed by atoms with E-state index in [1.54, 1.807) is 12.1 Å². The summed E-state index contributed by atoms with van der Waals surface area (Å²) >= 11 is 12.4. The summed E-state index contributed by atoms with van der Waals surface area (Å²) in [5.41, 5.74) is 2.67. The zero-order valence-corrected chi connectivity index (χ0v) is 19.8. The fourth-order valence-corrected chi connectivity index (χ4v) is 4.75. The van der Waals surface area contributed by atoms with Gasteiger partial charge in [-0.1, -0.05) is 60.5 Å². The highest BCUT2D eigenvalue weighted by atomic mass is 35.5. The minimum atomic E-state index is -0.551. The largest absolute Gasteiger partial charge is 0.416 e. The van der Waals surface area contributed by atoms with Gasteiger partial charge in [-0.3, -0.25) is 9.78 Å². The maximum Gasteiger partial charge on any atom is 0.416 e. The molecule has 0 spiro atoms. The predicted molar refractivity (Wildman–Crippen MR) is 129 cm³/mol. The Morgan fingerprint density at radius 1 is 1.18 bits per heavy atom. The highest BCUT2D eigenvalue weighted by Crippen LogP contribution is 2.36. The van der Waals surface area contributed by atoms with Crippen molar-refractivity contribution >= 4 is 29.0 Å². The molecule has 1 fully saturated rings. The van der Waals surface area contributed by atoms with E-state index in [2.05, 4.69) is 10.3 Å². The van der Waals surface area contributed by atoms with Gasteiger partial charge in [0.15, 0.2) is 5.78 Å². The van der Waals surface area contributed by atoms with E-state index in [1.165, 1.54) is 6.26 Å². The molecule has 0 aliphatic carbocycles. The molecule has 0 amide bonds. The predicted octanol–water partition coefficient (Wildman–Crippen LogP) is 5.52. The molecule has 2 aromatic carbocycles. The number of aromatic nitrogens is 1. The number of ketones is 1. The average molecular weight is 489 g/mol. The van der Waals surface area contributed by atoms with E-state index in [0.717, 1.165) is 18.7 Å². The van der Waals surface area contributed by atoms with E-state index >= 15 is 0 Å². The molecule has 1 aliphatic rings. The van der Waals surface area contributed by atoms with Crippen LogP contribution in [-0.2, 0) is 4.74 Å². The Balaban J connectivity index is 1.61. The van der Waals surface area contributed by atoms with Crippen molar-refractivity contribution in [2.45, 2.75) is 25.9 Å². The van der Waals surface area contributed by atoms with Gasteiger partial charge in [0.25, 0.3) is 0 Å². The molecule has 0 saturated carbocycles. The first-order chi connectivity index (χ1) is 16.0. The smallest absolute Gasteiger partial charge is 0.416 e. The van der Waals surface area contributed by atoms with E-state index in [9.17, 15) is 9.59 Å². The van der Waals surface area contributed by atoms with Crippen molar-refractivity contribution in [2.24, 2.45) is 11.8 Å². The first-order valence-electron chi connectivity index (χ1n) is 11.1. The third-order valence-electron chi connectivity index (χ3n) is 6.14. The Morgan fingerprint density at radius 3 is 2.73 bits per heavy atom. The lowest BCUT2D eigenvalue weighted by molar-refractivity contribution is 0.0228. The number of Topliss-reactive ketones (excluding diaryl/α,β-unsaturated/α-hetero) is 1. The Bertz CT molecular complexity index is 1170. The third-order valence-corrected chi connectivity index (χ3v) is 6.88. The number of hydrogen-bond acceptors (Lipinski definition) is 5. The summed E-state index contributed by atoms with van der Waals surface area (Å²) in [7, 11) is 0. The van der Waals surface area contributed by atoms with Crippen LogP contribution >= 0.6 is 23.2 Å². The maximum atomic E-state index is 13.7. The fourth-order valence-electron chi connectivity index (χ4n) is 4.44. The van der Waals surface area contributed by atoms with Crippen LogP contribution in [0.3, 0.4) is 0 Å². The van der Waals surface area contributed by atoms with Crippen molar-refractivity contribution < 1.29 is 13.9 Å². The normalized spacial score (nSPS) is 19.7. The van der Waals surface area contributed by atoms with Gasteiger partial charge in [0.2, 0.25) is 0 Å². The van der Waals surface area contributed by atoms with Gasteiger partial charge in [-0.05, 0) is 30.5 Å².